The van der Waals surface area contributed by atoms with E-state index in [9.17, 15) is 5.11 Å². The summed E-state index contributed by atoms with van der Waals surface area (Å²) in [5.74, 6) is 1.12. The molecule has 0 bridgehead atoms. The van der Waals surface area contributed by atoms with E-state index in [1.807, 2.05) is 18.4 Å². The minimum atomic E-state index is -0.0683. The molecule has 66 valence electrons. The minimum absolute atomic E-state index is 0.0683. The Morgan fingerprint density at radius 2 is 2.17 bits per heavy atom. The maximum Gasteiger partial charge on any atom is 0.120 e. The Balaban J connectivity index is 2.79. The van der Waals surface area contributed by atoms with E-state index in [1.165, 1.54) is 0 Å². The second-order valence-electron chi connectivity index (χ2n) is 2.62. The standard InChI is InChI=1S/C9H13NOS/c1-12-6-8(10)7-4-2-3-5-9(7)11/h2-5,8,11H,6,10H2,1H3. The first-order chi connectivity index (χ1) is 5.75. The molecule has 3 N–H and O–H groups in total. The Morgan fingerprint density at radius 3 is 2.75 bits per heavy atom. The molecule has 0 aliphatic rings. The van der Waals surface area contributed by atoms with Crippen LogP contribution in [0.15, 0.2) is 24.3 Å². The lowest BCUT2D eigenvalue weighted by Crippen LogP contribution is -2.12. The van der Waals surface area contributed by atoms with Crippen LogP contribution < -0.4 is 5.73 Å². The molecule has 1 atom stereocenters. The highest BCUT2D eigenvalue weighted by molar-refractivity contribution is 7.98. The van der Waals surface area contributed by atoms with E-state index in [4.69, 9.17) is 5.73 Å². The van der Waals surface area contributed by atoms with Crippen molar-refractivity contribution < 1.29 is 5.11 Å². The maximum atomic E-state index is 9.42. The number of aromatic hydroxyl groups is 1. The first-order valence-electron chi connectivity index (χ1n) is 3.78. The average Bonchev–Trinajstić information content (AvgIpc) is 2.05. The molecule has 0 spiro atoms. The number of rotatable bonds is 3. The second-order valence-corrected chi connectivity index (χ2v) is 3.53. The Hall–Kier alpha value is -0.670. The van der Waals surface area contributed by atoms with Crippen LogP contribution in [0.1, 0.15) is 11.6 Å². The number of phenols is 1. The SMILES string of the molecule is CSCC(N)c1ccccc1O. The molecule has 0 fully saturated rings. The van der Waals surface area contributed by atoms with Gasteiger partial charge in [0, 0.05) is 17.4 Å². The van der Waals surface area contributed by atoms with E-state index < -0.39 is 0 Å². The van der Waals surface area contributed by atoms with Crippen molar-refractivity contribution >= 4 is 11.8 Å². The summed E-state index contributed by atoms with van der Waals surface area (Å²) in [5.41, 5.74) is 6.65. The molecule has 1 rings (SSSR count). The van der Waals surface area contributed by atoms with Crippen LogP contribution in [0, 0.1) is 0 Å². The number of benzene rings is 1. The number of para-hydroxylation sites is 1. The highest BCUT2D eigenvalue weighted by atomic mass is 32.2. The Morgan fingerprint density at radius 1 is 1.50 bits per heavy atom. The van der Waals surface area contributed by atoms with Gasteiger partial charge in [-0.05, 0) is 12.3 Å². The number of thioether (sulfide) groups is 1. The molecule has 12 heavy (non-hydrogen) atoms. The third-order valence-electron chi connectivity index (χ3n) is 1.68. The molecule has 0 aliphatic carbocycles. The first-order valence-corrected chi connectivity index (χ1v) is 5.17. The number of nitrogens with two attached hydrogens (primary N) is 1. The summed E-state index contributed by atoms with van der Waals surface area (Å²) < 4.78 is 0. The molecule has 3 heteroatoms. The first kappa shape index (κ1) is 9.42. The molecule has 0 saturated carbocycles. The topological polar surface area (TPSA) is 46.2 Å². The summed E-state index contributed by atoms with van der Waals surface area (Å²) in [6, 6.07) is 7.13. The summed E-state index contributed by atoms with van der Waals surface area (Å²) in [4.78, 5) is 0. The van der Waals surface area contributed by atoms with Crippen LogP contribution in [-0.4, -0.2) is 17.1 Å². The van der Waals surface area contributed by atoms with Gasteiger partial charge in [0.05, 0.1) is 0 Å². The lowest BCUT2D eigenvalue weighted by atomic mass is 10.1. The molecule has 1 aromatic rings. The smallest absolute Gasteiger partial charge is 0.120 e. The highest BCUT2D eigenvalue weighted by Crippen LogP contribution is 2.23. The van der Waals surface area contributed by atoms with Gasteiger partial charge in [-0.1, -0.05) is 18.2 Å². The Bertz CT molecular complexity index is 252. The van der Waals surface area contributed by atoms with Gasteiger partial charge in [0.2, 0.25) is 0 Å². The van der Waals surface area contributed by atoms with Crippen molar-refractivity contribution in [1.29, 1.82) is 0 Å². The molecule has 0 amide bonds. The third kappa shape index (κ3) is 2.16. The lowest BCUT2D eigenvalue weighted by Gasteiger charge is -2.11. The van der Waals surface area contributed by atoms with Gasteiger partial charge in [0.25, 0.3) is 0 Å². The molecule has 0 radical (unpaired) electrons. The third-order valence-corrected chi connectivity index (χ3v) is 2.37. The number of phenolic OH excluding ortho intramolecular Hbond substituents is 1. The van der Waals surface area contributed by atoms with E-state index in [0.717, 1.165) is 11.3 Å². The van der Waals surface area contributed by atoms with Crippen LogP contribution in [0.2, 0.25) is 0 Å². The lowest BCUT2D eigenvalue weighted by molar-refractivity contribution is 0.464. The van der Waals surface area contributed by atoms with Gasteiger partial charge in [-0.25, -0.2) is 0 Å². The van der Waals surface area contributed by atoms with Gasteiger partial charge in [-0.3, -0.25) is 0 Å². The van der Waals surface area contributed by atoms with Crippen molar-refractivity contribution in [2.75, 3.05) is 12.0 Å². The van der Waals surface area contributed by atoms with Gasteiger partial charge in [-0.15, -0.1) is 0 Å². The van der Waals surface area contributed by atoms with E-state index >= 15 is 0 Å². The average molecular weight is 183 g/mol. The minimum Gasteiger partial charge on any atom is -0.508 e. The Kier molecular flexibility index (Phi) is 3.44. The van der Waals surface area contributed by atoms with Crippen LogP contribution in [0.25, 0.3) is 0 Å². The maximum absolute atomic E-state index is 9.42. The molecular formula is C9H13NOS. The van der Waals surface area contributed by atoms with E-state index in [1.54, 1.807) is 23.9 Å². The summed E-state index contributed by atoms with van der Waals surface area (Å²) >= 11 is 1.68. The summed E-state index contributed by atoms with van der Waals surface area (Å²) in [5, 5.41) is 9.42. The van der Waals surface area contributed by atoms with Gasteiger partial charge in [-0.2, -0.15) is 11.8 Å². The monoisotopic (exact) mass is 183 g/mol. The van der Waals surface area contributed by atoms with Gasteiger partial charge in [0.15, 0.2) is 0 Å². The van der Waals surface area contributed by atoms with Crippen LogP contribution >= 0.6 is 11.8 Å². The predicted molar refractivity (Wildman–Crippen MR) is 53.4 cm³/mol. The highest BCUT2D eigenvalue weighted by Gasteiger charge is 2.08. The van der Waals surface area contributed by atoms with Gasteiger partial charge in [0.1, 0.15) is 5.75 Å². The number of hydrogen-bond donors (Lipinski definition) is 2. The van der Waals surface area contributed by atoms with Crippen molar-refractivity contribution in [2.24, 2.45) is 5.73 Å². The van der Waals surface area contributed by atoms with Crippen molar-refractivity contribution in [1.82, 2.24) is 0 Å². The van der Waals surface area contributed by atoms with Gasteiger partial charge < -0.3 is 10.8 Å². The summed E-state index contributed by atoms with van der Waals surface area (Å²) in [6.45, 7) is 0. The number of hydrogen-bond acceptors (Lipinski definition) is 3. The normalized spacial score (nSPS) is 12.8. The second kappa shape index (κ2) is 4.38. The molecule has 2 nitrogen and oxygen atoms in total. The zero-order valence-electron chi connectivity index (χ0n) is 7.03. The van der Waals surface area contributed by atoms with Crippen molar-refractivity contribution in [3.63, 3.8) is 0 Å². The van der Waals surface area contributed by atoms with E-state index in [-0.39, 0.29) is 6.04 Å². The van der Waals surface area contributed by atoms with Crippen LogP contribution in [0.4, 0.5) is 0 Å². The molecule has 1 aromatic carbocycles. The van der Waals surface area contributed by atoms with E-state index in [0.29, 0.717) is 5.75 Å². The molecule has 0 saturated heterocycles. The van der Waals surface area contributed by atoms with Crippen molar-refractivity contribution in [2.45, 2.75) is 6.04 Å². The quantitative estimate of drug-likeness (QED) is 0.750. The largest absolute Gasteiger partial charge is 0.508 e. The van der Waals surface area contributed by atoms with Crippen LogP contribution in [-0.2, 0) is 0 Å². The van der Waals surface area contributed by atoms with E-state index in [2.05, 4.69) is 0 Å². The fourth-order valence-corrected chi connectivity index (χ4v) is 1.61. The molecule has 0 aromatic heterocycles. The fourth-order valence-electron chi connectivity index (χ4n) is 1.07. The molecule has 1 unspecified atom stereocenters. The Labute approximate surface area is 76.8 Å². The molecule has 0 heterocycles. The molecular weight excluding hydrogens is 170 g/mol. The predicted octanol–water partition coefficient (Wildman–Crippen LogP) is 1.75. The van der Waals surface area contributed by atoms with Crippen LogP contribution in [0.5, 0.6) is 5.75 Å². The fraction of sp³-hybridized carbons (Fsp3) is 0.333. The van der Waals surface area contributed by atoms with Gasteiger partial charge >= 0.3 is 0 Å². The summed E-state index contributed by atoms with van der Waals surface area (Å²) in [6.07, 6.45) is 2.00. The van der Waals surface area contributed by atoms with Crippen molar-refractivity contribution in [3.8, 4) is 5.75 Å². The zero-order valence-corrected chi connectivity index (χ0v) is 7.84. The zero-order chi connectivity index (χ0) is 8.97. The van der Waals surface area contributed by atoms with Crippen LogP contribution in [0.3, 0.4) is 0 Å². The molecule has 0 aliphatic heterocycles. The summed E-state index contributed by atoms with van der Waals surface area (Å²) in [7, 11) is 0. The van der Waals surface area contributed by atoms with Crippen molar-refractivity contribution in [3.05, 3.63) is 29.8 Å².